The maximum Gasteiger partial charge on any atom is 0.325 e. The third-order valence-electron chi connectivity index (χ3n) is 2.19. The predicted octanol–water partition coefficient (Wildman–Crippen LogP) is 1.60. The zero-order valence-electron chi connectivity index (χ0n) is 10.1. The third-order valence-corrected chi connectivity index (χ3v) is 2.19. The number of hydrogen-bond donors (Lipinski definition) is 0. The smallest absolute Gasteiger partial charge is 0.325 e. The lowest BCUT2D eigenvalue weighted by Crippen LogP contribution is -2.34. The number of likely N-dealkylation sites (N-methyl/N-ethyl adjacent to an activating group) is 1. The van der Waals surface area contributed by atoms with Crippen LogP contribution in [0.5, 0.6) is 0 Å². The second-order valence-electron chi connectivity index (χ2n) is 3.56. The van der Waals surface area contributed by atoms with E-state index in [0.29, 0.717) is 0 Å². The first-order valence-corrected chi connectivity index (χ1v) is 5.32. The summed E-state index contributed by atoms with van der Waals surface area (Å²) in [5, 5.41) is 0. The Morgan fingerprint density at radius 3 is 2.33 bits per heavy atom. The Labute approximate surface area is 103 Å². The van der Waals surface area contributed by atoms with Crippen molar-refractivity contribution in [2.24, 2.45) is 0 Å². The van der Waals surface area contributed by atoms with Crippen LogP contribution in [0.25, 0.3) is 0 Å². The maximum atomic E-state index is 13.3. The Hall–Kier alpha value is -1.98. The van der Waals surface area contributed by atoms with E-state index in [-0.39, 0.29) is 13.2 Å². The van der Waals surface area contributed by atoms with Gasteiger partial charge in [-0.2, -0.15) is 0 Å². The molecule has 98 valence electrons. The monoisotopic (exact) mass is 257 g/mol. The van der Waals surface area contributed by atoms with Gasteiger partial charge in [0.2, 0.25) is 0 Å². The number of amides is 1. The molecule has 0 saturated heterocycles. The van der Waals surface area contributed by atoms with Crippen LogP contribution in [-0.4, -0.2) is 37.0 Å². The molecule has 0 aliphatic rings. The largest absolute Gasteiger partial charge is 0.465 e. The first kappa shape index (κ1) is 14.1. The number of ether oxygens (including phenoxy) is 1. The summed E-state index contributed by atoms with van der Waals surface area (Å²) < 4.78 is 31.3. The van der Waals surface area contributed by atoms with E-state index in [2.05, 4.69) is 4.74 Å². The van der Waals surface area contributed by atoms with Crippen LogP contribution in [0.1, 0.15) is 17.3 Å². The molecule has 1 aromatic rings. The van der Waals surface area contributed by atoms with Crippen molar-refractivity contribution < 1.29 is 23.1 Å². The van der Waals surface area contributed by atoms with E-state index in [9.17, 15) is 18.4 Å². The standard InChI is InChI=1S/C12H13F2NO3/c1-3-18-10(16)7-15(2)12(17)11-8(13)5-4-6-9(11)14/h4-6H,3,7H2,1-2H3. The van der Waals surface area contributed by atoms with Gasteiger partial charge in [0.1, 0.15) is 23.7 Å². The molecular weight excluding hydrogens is 244 g/mol. The Morgan fingerprint density at radius 1 is 1.28 bits per heavy atom. The summed E-state index contributed by atoms with van der Waals surface area (Å²) in [4.78, 5) is 23.8. The van der Waals surface area contributed by atoms with E-state index in [1.165, 1.54) is 7.05 Å². The molecule has 0 atom stereocenters. The quantitative estimate of drug-likeness (QED) is 0.770. The number of carbonyl (C=O) groups is 2. The molecule has 0 unspecified atom stereocenters. The molecule has 0 N–H and O–H groups in total. The number of esters is 1. The lowest BCUT2D eigenvalue weighted by atomic mass is 10.1. The number of hydrogen-bond acceptors (Lipinski definition) is 3. The molecule has 0 aliphatic heterocycles. The second-order valence-corrected chi connectivity index (χ2v) is 3.56. The van der Waals surface area contributed by atoms with E-state index < -0.39 is 29.1 Å². The molecule has 0 bridgehead atoms. The van der Waals surface area contributed by atoms with Gasteiger partial charge in [0.15, 0.2) is 0 Å². The molecule has 1 amide bonds. The van der Waals surface area contributed by atoms with Crippen molar-refractivity contribution in [3.05, 3.63) is 35.4 Å². The van der Waals surface area contributed by atoms with Crippen molar-refractivity contribution >= 4 is 11.9 Å². The molecule has 0 fully saturated rings. The first-order chi connectivity index (χ1) is 8.47. The minimum absolute atomic E-state index is 0.176. The lowest BCUT2D eigenvalue weighted by molar-refractivity contribution is -0.143. The highest BCUT2D eigenvalue weighted by molar-refractivity contribution is 5.96. The lowest BCUT2D eigenvalue weighted by Gasteiger charge is -2.16. The highest BCUT2D eigenvalue weighted by Crippen LogP contribution is 2.14. The summed E-state index contributed by atoms with van der Waals surface area (Å²) in [5.74, 6) is -3.46. The molecule has 6 heteroatoms. The Morgan fingerprint density at radius 2 is 1.83 bits per heavy atom. The van der Waals surface area contributed by atoms with Crippen molar-refractivity contribution in [2.75, 3.05) is 20.2 Å². The van der Waals surface area contributed by atoms with Gasteiger partial charge in [0.05, 0.1) is 6.61 Å². The number of benzene rings is 1. The SMILES string of the molecule is CCOC(=O)CN(C)C(=O)c1c(F)cccc1F. The average Bonchev–Trinajstić information content (AvgIpc) is 2.28. The predicted molar refractivity (Wildman–Crippen MR) is 60.0 cm³/mol. The van der Waals surface area contributed by atoms with Crippen LogP contribution in [0, 0.1) is 11.6 Å². The van der Waals surface area contributed by atoms with Gasteiger partial charge in [-0.3, -0.25) is 9.59 Å². The third kappa shape index (κ3) is 3.26. The molecule has 0 heterocycles. The molecule has 1 rings (SSSR count). The van der Waals surface area contributed by atoms with Gasteiger partial charge in [-0.15, -0.1) is 0 Å². The minimum atomic E-state index is -0.962. The highest BCUT2D eigenvalue weighted by atomic mass is 19.1. The minimum Gasteiger partial charge on any atom is -0.465 e. The van der Waals surface area contributed by atoms with Crippen LogP contribution < -0.4 is 0 Å². The van der Waals surface area contributed by atoms with E-state index in [1.807, 2.05) is 0 Å². The van der Waals surface area contributed by atoms with Crippen molar-refractivity contribution in [3.8, 4) is 0 Å². The Kier molecular flexibility index (Phi) is 4.76. The van der Waals surface area contributed by atoms with Gasteiger partial charge in [0, 0.05) is 7.05 Å². The van der Waals surface area contributed by atoms with Crippen molar-refractivity contribution in [1.29, 1.82) is 0 Å². The van der Waals surface area contributed by atoms with Crippen molar-refractivity contribution in [3.63, 3.8) is 0 Å². The number of halogens is 2. The molecule has 0 aromatic heterocycles. The molecule has 0 aliphatic carbocycles. The Bertz CT molecular complexity index is 442. The van der Waals surface area contributed by atoms with Crippen LogP contribution in [0.15, 0.2) is 18.2 Å². The van der Waals surface area contributed by atoms with Crippen LogP contribution >= 0.6 is 0 Å². The van der Waals surface area contributed by atoms with Gasteiger partial charge in [-0.25, -0.2) is 8.78 Å². The normalized spacial score (nSPS) is 10.0. The molecular formula is C12H13F2NO3. The van der Waals surface area contributed by atoms with Crippen LogP contribution in [0.2, 0.25) is 0 Å². The fourth-order valence-corrected chi connectivity index (χ4v) is 1.37. The van der Waals surface area contributed by atoms with Crippen LogP contribution in [0.3, 0.4) is 0 Å². The summed E-state index contributed by atoms with van der Waals surface area (Å²) in [6.45, 7) is 1.44. The second kappa shape index (κ2) is 6.09. The van der Waals surface area contributed by atoms with Crippen LogP contribution in [0.4, 0.5) is 8.78 Å². The van der Waals surface area contributed by atoms with Gasteiger partial charge in [-0.1, -0.05) is 6.07 Å². The molecule has 1 aromatic carbocycles. The maximum absolute atomic E-state index is 13.3. The summed E-state index contributed by atoms with van der Waals surface area (Å²) >= 11 is 0. The van der Waals surface area contributed by atoms with Gasteiger partial charge < -0.3 is 9.64 Å². The fraction of sp³-hybridized carbons (Fsp3) is 0.333. The summed E-state index contributed by atoms with van der Waals surface area (Å²) in [6, 6.07) is 3.12. The fourth-order valence-electron chi connectivity index (χ4n) is 1.37. The molecule has 0 radical (unpaired) electrons. The molecule has 0 spiro atoms. The molecule has 0 saturated carbocycles. The summed E-state index contributed by atoms with van der Waals surface area (Å²) in [5.41, 5.74) is -0.677. The topological polar surface area (TPSA) is 46.6 Å². The Balaban J connectivity index is 2.84. The van der Waals surface area contributed by atoms with Crippen molar-refractivity contribution in [2.45, 2.75) is 6.92 Å². The van der Waals surface area contributed by atoms with Gasteiger partial charge in [-0.05, 0) is 19.1 Å². The zero-order chi connectivity index (χ0) is 13.7. The van der Waals surface area contributed by atoms with Gasteiger partial charge >= 0.3 is 5.97 Å². The first-order valence-electron chi connectivity index (χ1n) is 5.32. The summed E-state index contributed by atoms with van der Waals surface area (Å²) in [6.07, 6.45) is 0. The molecule has 18 heavy (non-hydrogen) atoms. The number of carbonyl (C=O) groups excluding carboxylic acids is 2. The van der Waals surface area contributed by atoms with Crippen molar-refractivity contribution in [1.82, 2.24) is 4.90 Å². The van der Waals surface area contributed by atoms with Gasteiger partial charge in [0.25, 0.3) is 5.91 Å². The van der Waals surface area contributed by atoms with E-state index in [4.69, 9.17) is 0 Å². The molecule has 4 nitrogen and oxygen atoms in total. The number of rotatable bonds is 4. The number of nitrogens with zero attached hydrogens (tertiary/aromatic N) is 1. The van der Waals surface area contributed by atoms with E-state index >= 15 is 0 Å². The van der Waals surface area contributed by atoms with E-state index in [1.54, 1.807) is 6.92 Å². The van der Waals surface area contributed by atoms with E-state index in [0.717, 1.165) is 23.1 Å². The average molecular weight is 257 g/mol. The van der Waals surface area contributed by atoms with Crippen LogP contribution in [-0.2, 0) is 9.53 Å². The zero-order valence-corrected chi connectivity index (χ0v) is 10.1. The summed E-state index contributed by atoms with van der Waals surface area (Å²) in [7, 11) is 1.27. The highest BCUT2D eigenvalue weighted by Gasteiger charge is 2.22.